The zero-order valence-electron chi connectivity index (χ0n) is 20.7. The molecule has 0 spiro atoms. The monoisotopic (exact) mass is 550 g/mol. The molecule has 2 N–H and O–H groups in total. The summed E-state index contributed by atoms with van der Waals surface area (Å²) in [5.74, 6) is -0.483. The minimum atomic E-state index is -4.36. The molecule has 38 heavy (non-hydrogen) atoms. The Balaban J connectivity index is 1.27. The van der Waals surface area contributed by atoms with E-state index in [0.717, 1.165) is 12.0 Å². The van der Waals surface area contributed by atoms with Gasteiger partial charge < -0.3 is 10.3 Å². The number of imidazole rings is 1. The van der Waals surface area contributed by atoms with E-state index >= 15 is 4.39 Å². The largest absolute Gasteiger partial charge is 0.456 e. The maximum absolute atomic E-state index is 15.0. The Kier molecular flexibility index (Phi) is 7.29. The third-order valence-electron chi connectivity index (χ3n) is 6.20. The Labute approximate surface area is 220 Å². The standard InChI is InChI=1S/C24H26F4N8OS/c1-3-4-18-21(35-12-14(2)9-31-23(35)32-18)22(37)30-11-15-7-17(25)20(29-10-15)19-8-16-13-34(38-24(26,27)28)5-6-36(16)33-19/h7-10,12,19,33H,3-6,11,13H2,1-2H3,(H,30,37). The summed E-state index contributed by atoms with van der Waals surface area (Å²) in [6, 6.07) is 0.703. The number of carbonyl (C=O) groups excluding carboxylic acids is 1. The normalized spacial score (nSPS) is 18.1. The fourth-order valence-electron chi connectivity index (χ4n) is 4.56. The molecule has 0 radical (unpaired) electrons. The van der Waals surface area contributed by atoms with Gasteiger partial charge in [-0.05, 0) is 36.6 Å². The summed E-state index contributed by atoms with van der Waals surface area (Å²) >= 11 is -0.155. The van der Waals surface area contributed by atoms with E-state index in [1.54, 1.807) is 27.9 Å². The molecule has 14 heteroatoms. The first kappa shape index (κ1) is 26.4. The van der Waals surface area contributed by atoms with E-state index in [-0.39, 0.29) is 43.2 Å². The number of piperazine rings is 1. The molecule has 202 valence electrons. The van der Waals surface area contributed by atoms with E-state index in [1.165, 1.54) is 16.6 Å². The van der Waals surface area contributed by atoms with Gasteiger partial charge in [-0.3, -0.25) is 14.2 Å². The number of alkyl halides is 3. The molecular weight excluding hydrogens is 524 g/mol. The summed E-state index contributed by atoms with van der Waals surface area (Å²) in [7, 11) is 0. The highest BCUT2D eigenvalue weighted by Gasteiger charge is 2.37. The van der Waals surface area contributed by atoms with Crippen LogP contribution in [0, 0.1) is 12.7 Å². The topological polar surface area (TPSA) is 90.7 Å². The lowest BCUT2D eigenvalue weighted by Crippen LogP contribution is -2.46. The highest BCUT2D eigenvalue weighted by molar-refractivity contribution is 7.97. The van der Waals surface area contributed by atoms with Crippen LogP contribution in [0.3, 0.4) is 0 Å². The van der Waals surface area contributed by atoms with Gasteiger partial charge in [0.25, 0.3) is 5.91 Å². The number of rotatable bonds is 7. The lowest BCUT2D eigenvalue weighted by atomic mass is 10.1. The van der Waals surface area contributed by atoms with Crippen molar-refractivity contribution >= 4 is 23.6 Å². The predicted molar refractivity (Wildman–Crippen MR) is 133 cm³/mol. The molecule has 0 bridgehead atoms. The second-order valence-electron chi connectivity index (χ2n) is 9.17. The van der Waals surface area contributed by atoms with E-state index in [2.05, 4.69) is 25.7 Å². The number of fused-ring (bicyclic) bond motifs is 2. The van der Waals surface area contributed by atoms with E-state index in [4.69, 9.17) is 0 Å². The zero-order chi connectivity index (χ0) is 27.0. The predicted octanol–water partition coefficient (Wildman–Crippen LogP) is 3.68. The van der Waals surface area contributed by atoms with Gasteiger partial charge in [0.15, 0.2) is 0 Å². The van der Waals surface area contributed by atoms with Crippen LogP contribution in [0.25, 0.3) is 5.78 Å². The zero-order valence-corrected chi connectivity index (χ0v) is 21.5. The molecule has 0 aromatic carbocycles. The number of aryl methyl sites for hydroxylation is 2. The SMILES string of the molecule is CCCc1nc2ncc(C)cn2c1C(=O)NCc1cnc(C2C=C3CN(SC(F)(F)F)CCN3N2)c(F)c1. The minimum Gasteiger partial charge on any atom is -0.347 e. The van der Waals surface area contributed by atoms with Gasteiger partial charge >= 0.3 is 5.51 Å². The molecule has 0 aliphatic carbocycles. The van der Waals surface area contributed by atoms with E-state index in [1.807, 2.05) is 13.8 Å². The van der Waals surface area contributed by atoms with Gasteiger partial charge in [-0.15, -0.1) is 0 Å². The maximum Gasteiger partial charge on any atom is 0.456 e. The lowest BCUT2D eigenvalue weighted by molar-refractivity contribution is -0.0367. The van der Waals surface area contributed by atoms with Crippen LogP contribution in [-0.4, -0.2) is 59.7 Å². The highest BCUT2D eigenvalue weighted by Crippen LogP contribution is 2.36. The van der Waals surface area contributed by atoms with Crippen molar-refractivity contribution in [1.29, 1.82) is 0 Å². The van der Waals surface area contributed by atoms with Crippen molar-refractivity contribution in [1.82, 2.24) is 39.4 Å². The smallest absolute Gasteiger partial charge is 0.347 e. The number of pyridine rings is 1. The van der Waals surface area contributed by atoms with Crippen LogP contribution in [0.2, 0.25) is 0 Å². The molecule has 2 aliphatic heterocycles. The average molecular weight is 551 g/mol. The van der Waals surface area contributed by atoms with Gasteiger partial charge in [-0.2, -0.15) is 13.2 Å². The molecule has 2 aliphatic rings. The Morgan fingerprint density at radius 2 is 2.08 bits per heavy atom. The fourth-order valence-corrected chi connectivity index (χ4v) is 5.22. The Bertz CT molecular complexity index is 1390. The first-order chi connectivity index (χ1) is 18.1. The molecule has 1 unspecified atom stereocenters. The van der Waals surface area contributed by atoms with Gasteiger partial charge in [0.1, 0.15) is 11.5 Å². The third-order valence-corrected chi connectivity index (χ3v) is 6.98. The first-order valence-corrected chi connectivity index (χ1v) is 12.9. The highest BCUT2D eigenvalue weighted by atomic mass is 32.2. The average Bonchev–Trinajstić information content (AvgIpc) is 3.42. The van der Waals surface area contributed by atoms with Gasteiger partial charge in [0, 0.05) is 55.9 Å². The molecule has 1 saturated heterocycles. The summed E-state index contributed by atoms with van der Waals surface area (Å²) in [6.07, 6.45) is 8.08. The Morgan fingerprint density at radius 1 is 1.26 bits per heavy atom. The van der Waals surface area contributed by atoms with Crippen LogP contribution in [-0.2, 0) is 13.0 Å². The lowest BCUT2D eigenvalue weighted by Gasteiger charge is -2.34. The number of carbonyl (C=O) groups is 1. The number of halogens is 4. The van der Waals surface area contributed by atoms with Crippen molar-refractivity contribution in [2.45, 2.75) is 44.8 Å². The number of hydrazine groups is 1. The van der Waals surface area contributed by atoms with E-state index < -0.39 is 17.4 Å². The first-order valence-electron chi connectivity index (χ1n) is 12.1. The molecule has 3 aromatic heterocycles. The van der Waals surface area contributed by atoms with Crippen molar-refractivity contribution in [2.24, 2.45) is 0 Å². The molecule has 1 atom stereocenters. The minimum absolute atomic E-state index is 0.0516. The third kappa shape index (κ3) is 5.61. The number of hydrogen-bond donors (Lipinski definition) is 2. The van der Waals surface area contributed by atoms with Crippen molar-refractivity contribution in [3.8, 4) is 0 Å². The summed E-state index contributed by atoms with van der Waals surface area (Å²) in [4.78, 5) is 26.1. The van der Waals surface area contributed by atoms with Crippen LogP contribution in [0.15, 0.2) is 36.4 Å². The summed E-state index contributed by atoms with van der Waals surface area (Å²) in [6.45, 7) is 4.54. The van der Waals surface area contributed by atoms with Gasteiger partial charge in [-0.25, -0.2) is 24.1 Å². The fraction of sp³-hybridized carbons (Fsp3) is 0.417. The van der Waals surface area contributed by atoms with Gasteiger partial charge in [-0.1, -0.05) is 13.3 Å². The molecule has 1 amide bonds. The number of aromatic nitrogens is 4. The maximum atomic E-state index is 15.0. The number of nitrogens with one attached hydrogen (secondary N) is 2. The second kappa shape index (κ2) is 10.5. The van der Waals surface area contributed by atoms with E-state index in [9.17, 15) is 18.0 Å². The molecule has 3 aromatic rings. The molecular formula is C24H26F4N8OS. The van der Waals surface area contributed by atoms with Crippen LogP contribution in [0.5, 0.6) is 0 Å². The molecule has 5 rings (SSSR count). The molecule has 5 heterocycles. The van der Waals surface area contributed by atoms with Gasteiger partial charge in [0.2, 0.25) is 5.78 Å². The molecule has 9 nitrogen and oxygen atoms in total. The van der Waals surface area contributed by atoms with Crippen molar-refractivity contribution in [3.63, 3.8) is 0 Å². The Hall–Kier alpha value is -3.23. The summed E-state index contributed by atoms with van der Waals surface area (Å²) < 4.78 is 56.1. The van der Waals surface area contributed by atoms with Crippen molar-refractivity contribution in [3.05, 3.63) is 70.5 Å². The van der Waals surface area contributed by atoms with Crippen molar-refractivity contribution in [2.75, 3.05) is 19.6 Å². The van der Waals surface area contributed by atoms with Crippen molar-refractivity contribution < 1.29 is 22.4 Å². The van der Waals surface area contributed by atoms with Crippen LogP contribution < -0.4 is 10.7 Å². The molecule has 1 fully saturated rings. The van der Waals surface area contributed by atoms with Crippen LogP contribution >= 0.6 is 11.9 Å². The van der Waals surface area contributed by atoms with Crippen LogP contribution in [0.1, 0.15) is 52.4 Å². The summed E-state index contributed by atoms with van der Waals surface area (Å²) in [5.41, 5.74) is 1.90. The Morgan fingerprint density at radius 3 is 2.82 bits per heavy atom. The second-order valence-corrected chi connectivity index (χ2v) is 10.3. The van der Waals surface area contributed by atoms with Gasteiger partial charge in [0.05, 0.1) is 24.0 Å². The number of nitrogens with zero attached hydrogens (tertiary/aromatic N) is 6. The number of amides is 1. The quantitative estimate of drug-likeness (QED) is 0.340. The molecule has 0 saturated carbocycles. The van der Waals surface area contributed by atoms with Crippen LogP contribution in [0.4, 0.5) is 17.6 Å². The number of hydrogen-bond acceptors (Lipinski definition) is 8. The summed E-state index contributed by atoms with van der Waals surface area (Å²) in [5, 5.41) is 4.55. The van der Waals surface area contributed by atoms with E-state index in [0.29, 0.717) is 41.4 Å².